The lowest BCUT2D eigenvalue weighted by Gasteiger charge is -2.33. The molecule has 3 atom stereocenters. The van der Waals surface area contributed by atoms with Crippen LogP contribution in [0.25, 0.3) is 11.1 Å². The highest BCUT2D eigenvalue weighted by Gasteiger charge is 2.38. The van der Waals surface area contributed by atoms with E-state index in [1.165, 1.54) is 27.8 Å². The summed E-state index contributed by atoms with van der Waals surface area (Å²) in [7, 11) is 0. The zero-order valence-electron chi connectivity index (χ0n) is 19.2. The lowest BCUT2D eigenvalue weighted by atomic mass is 9.92. The molecule has 2 amide bonds. The van der Waals surface area contributed by atoms with Crippen molar-refractivity contribution >= 4 is 29.7 Å². The molecule has 0 bridgehead atoms. The first-order valence-corrected chi connectivity index (χ1v) is 13.0. The van der Waals surface area contributed by atoms with E-state index in [2.05, 4.69) is 29.6 Å². The summed E-state index contributed by atoms with van der Waals surface area (Å²) in [6.45, 7) is 1.03. The van der Waals surface area contributed by atoms with Crippen LogP contribution < -0.4 is 5.32 Å². The second kappa shape index (κ2) is 10.3. The van der Waals surface area contributed by atoms with Gasteiger partial charge < -0.3 is 24.8 Å². The molecule has 2 aromatic rings. The summed E-state index contributed by atoms with van der Waals surface area (Å²) < 4.78 is 11.2. The maximum Gasteiger partial charge on any atom is 0.407 e. The van der Waals surface area contributed by atoms with Crippen molar-refractivity contribution < 1.29 is 29.0 Å². The molecule has 1 aliphatic carbocycles. The fraction of sp³-hybridized carbons (Fsp3) is 0.423. The number of alkyl carbamates (subject to hydrolysis) is 1. The summed E-state index contributed by atoms with van der Waals surface area (Å²) in [6, 6.07) is 15.3. The van der Waals surface area contributed by atoms with Gasteiger partial charge in [-0.05, 0) is 28.7 Å². The minimum absolute atomic E-state index is 0.0270. The molecule has 0 saturated carbocycles. The highest BCUT2D eigenvalue weighted by atomic mass is 32.2. The van der Waals surface area contributed by atoms with Crippen molar-refractivity contribution in [1.29, 1.82) is 0 Å². The summed E-state index contributed by atoms with van der Waals surface area (Å²) >= 11 is 1.43. The van der Waals surface area contributed by atoms with Crippen LogP contribution in [0.3, 0.4) is 0 Å². The molecular formula is C26H28N2O6S. The van der Waals surface area contributed by atoms with E-state index in [1.807, 2.05) is 24.3 Å². The third kappa shape index (κ3) is 4.88. The number of carbonyl (C=O) groups is 3. The molecule has 184 valence electrons. The van der Waals surface area contributed by atoms with Crippen molar-refractivity contribution in [2.75, 3.05) is 31.5 Å². The molecule has 9 heteroatoms. The van der Waals surface area contributed by atoms with Gasteiger partial charge in [0, 0.05) is 36.7 Å². The first kappa shape index (κ1) is 23.7. The van der Waals surface area contributed by atoms with Crippen molar-refractivity contribution in [3.63, 3.8) is 0 Å². The number of aliphatic carboxylic acids is 1. The maximum atomic E-state index is 12.8. The largest absolute Gasteiger partial charge is 0.480 e. The number of hydrogen-bond donors (Lipinski definition) is 2. The molecule has 0 radical (unpaired) electrons. The zero-order valence-corrected chi connectivity index (χ0v) is 20.0. The summed E-state index contributed by atoms with van der Waals surface area (Å²) in [6.07, 6.45) is 0.175. The van der Waals surface area contributed by atoms with Crippen molar-refractivity contribution in [3.8, 4) is 11.1 Å². The highest BCUT2D eigenvalue weighted by Crippen LogP contribution is 2.44. The van der Waals surface area contributed by atoms with Crippen LogP contribution >= 0.6 is 11.8 Å². The van der Waals surface area contributed by atoms with Gasteiger partial charge in [0.2, 0.25) is 5.91 Å². The van der Waals surface area contributed by atoms with E-state index in [0.717, 1.165) is 11.1 Å². The Hall–Kier alpha value is -3.04. The molecule has 2 N–H and O–H groups in total. The van der Waals surface area contributed by atoms with E-state index in [0.29, 0.717) is 31.3 Å². The third-order valence-corrected chi connectivity index (χ3v) is 8.06. The van der Waals surface area contributed by atoms with Crippen LogP contribution in [-0.4, -0.2) is 71.5 Å². The average molecular weight is 497 g/mol. The second-order valence-corrected chi connectivity index (χ2v) is 10.1. The molecule has 2 fully saturated rings. The molecule has 3 aliphatic rings. The van der Waals surface area contributed by atoms with Crippen LogP contribution in [0.4, 0.5) is 4.79 Å². The number of nitrogens with one attached hydrogen (secondary N) is 1. The molecule has 35 heavy (non-hydrogen) atoms. The number of ether oxygens (including phenoxy) is 2. The van der Waals surface area contributed by atoms with Crippen LogP contribution in [0, 0.1) is 5.92 Å². The molecule has 8 nitrogen and oxygen atoms in total. The lowest BCUT2D eigenvalue weighted by Crippen LogP contribution is -2.49. The van der Waals surface area contributed by atoms with Crippen molar-refractivity contribution in [3.05, 3.63) is 59.7 Å². The summed E-state index contributed by atoms with van der Waals surface area (Å²) in [4.78, 5) is 38.5. The van der Waals surface area contributed by atoms with Crippen LogP contribution in [-0.2, 0) is 19.1 Å². The fourth-order valence-corrected chi connectivity index (χ4v) is 6.39. The number of rotatable bonds is 6. The first-order valence-electron chi connectivity index (χ1n) is 11.8. The number of thioether (sulfide) groups is 1. The predicted octanol–water partition coefficient (Wildman–Crippen LogP) is 3.31. The van der Waals surface area contributed by atoms with Gasteiger partial charge >= 0.3 is 12.1 Å². The van der Waals surface area contributed by atoms with Gasteiger partial charge in [-0.3, -0.25) is 4.79 Å². The van der Waals surface area contributed by atoms with E-state index in [4.69, 9.17) is 9.47 Å². The Kier molecular flexibility index (Phi) is 6.97. The highest BCUT2D eigenvalue weighted by molar-refractivity contribution is 7.99. The van der Waals surface area contributed by atoms with E-state index in [1.54, 1.807) is 0 Å². The number of fused-ring (bicyclic) bond motifs is 3. The summed E-state index contributed by atoms with van der Waals surface area (Å²) in [5.74, 6) is -0.719. The number of hydrogen-bond acceptors (Lipinski definition) is 6. The number of benzene rings is 2. The third-order valence-electron chi connectivity index (χ3n) is 7.05. The van der Waals surface area contributed by atoms with Gasteiger partial charge in [0.25, 0.3) is 0 Å². The molecular weight excluding hydrogens is 468 g/mol. The van der Waals surface area contributed by atoms with Gasteiger partial charge in [-0.1, -0.05) is 48.5 Å². The normalized spacial score (nSPS) is 23.4. The SMILES string of the molecule is O=C(NC1CCOCC1CC(=O)N1CSC[C@H]1C(=O)O)OCC1c2ccccc2-c2ccccc21. The predicted molar refractivity (Wildman–Crippen MR) is 131 cm³/mol. The van der Waals surface area contributed by atoms with Gasteiger partial charge in [-0.25, -0.2) is 9.59 Å². The van der Waals surface area contributed by atoms with E-state index >= 15 is 0 Å². The van der Waals surface area contributed by atoms with Crippen molar-refractivity contribution in [1.82, 2.24) is 10.2 Å². The van der Waals surface area contributed by atoms with Crippen LogP contribution in [0.15, 0.2) is 48.5 Å². The molecule has 2 heterocycles. The monoisotopic (exact) mass is 496 g/mol. The van der Waals surface area contributed by atoms with Crippen LogP contribution in [0.5, 0.6) is 0 Å². The Balaban J connectivity index is 1.20. The van der Waals surface area contributed by atoms with Crippen LogP contribution in [0.1, 0.15) is 29.9 Å². The molecule has 2 aliphatic heterocycles. The zero-order chi connectivity index (χ0) is 24.4. The smallest absolute Gasteiger partial charge is 0.407 e. The Bertz CT molecular complexity index is 1080. The van der Waals surface area contributed by atoms with Gasteiger partial charge in [-0.15, -0.1) is 11.8 Å². The molecule has 2 saturated heterocycles. The summed E-state index contributed by atoms with van der Waals surface area (Å²) in [5.41, 5.74) is 4.62. The van der Waals surface area contributed by atoms with Gasteiger partial charge in [-0.2, -0.15) is 0 Å². The fourth-order valence-electron chi connectivity index (χ4n) is 5.21. The Labute approximate surface area is 208 Å². The minimum atomic E-state index is -0.989. The molecule has 2 aromatic carbocycles. The lowest BCUT2D eigenvalue weighted by molar-refractivity contribution is -0.148. The quantitative estimate of drug-likeness (QED) is 0.632. The Morgan fingerprint density at radius 2 is 1.77 bits per heavy atom. The number of amides is 2. The Morgan fingerprint density at radius 1 is 1.09 bits per heavy atom. The number of nitrogens with zero attached hydrogens (tertiary/aromatic N) is 1. The molecule has 0 spiro atoms. The standard InChI is InChI=1S/C26H28N2O6S/c29-24(28-15-35-14-23(28)25(30)31)11-16-12-33-10-9-22(16)27-26(32)34-13-21-19-7-3-1-5-17(19)18-6-2-4-8-20(18)21/h1-8,16,21-23H,9-15H2,(H,27,32)(H,30,31)/t16?,22?,23-/m0/s1. The molecule has 0 aromatic heterocycles. The number of carboxylic acid groups (broad SMARTS) is 1. The average Bonchev–Trinajstić information content (AvgIpc) is 3.48. The van der Waals surface area contributed by atoms with Crippen molar-refractivity contribution in [2.45, 2.75) is 30.8 Å². The van der Waals surface area contributed by atoms with Gasteiger partial charge in [0.15, 0.2) is 0 Å². The minimum Gasteiger partial charge on any atom is -0.480 e. The number of carbonyl (C=O) groups excluding carboxylic acids is 2. The number of carboxylic acids is 1. The van der Waals surface area contributed by atoms with Crippen molar-refractivity contribution in [2.24, 2.45) is 5.92 Å². The first-order chi connectivity index (χ1) is 17.0. The molecule has 2 unspecified atom stereocenters. The Morgan fingerprint density at radius 3 is 2.46 bits per heavy atom. The second-order valence-electron chi connectivity index (χ2n) is 9.12. The van der Waals surface area contributed by atoms with E-state index in [-0.39, 0.29) is 36.8 Å². The van der Waals surface area contributed by atoms with E-state index in [9.17, 15) is 19.5 Å². The van der Waals surface area contributed by atoms with Gasteiger partial charge in [0.05, 0.1) is 12.5 Å². The molecule has 5 rings (SSSR count). The topological polar surface area (TPSA) is 105 Å². The van der Waals surface area contributed by atoms with Crippen LogP contribution in [0.2, 0.25) is 0 Å². The maximum absolute atomic E-state index is 12.8. The van der Waals surface area contributed by atoms with E-state index < -0.39 is 18.1 Å². The summed E-state index contributed by atoms with van der Waals surface area (Å²) in [5, 5.41) is 12.3. The van der Waals surface area contributed by atoms with Gasteiger partial charge in [0.1, 0.15) is 12.6 Å².